The summed E-state index contributed by atoms with van der Waals surface area (Å²) in [7, 11) is 1.81. The number of aromatic nitrogens is 1. The molecule has 1 aromatic carbocycles. The van der Waals surface area contributed by atoms with E-state index in [9.17, 15) is 9.59 Å². The van der Waals surface area contributed by atoms with Gasteiger partial charge in [0.25, 0.3) is 0 Å². The minimum atomic E-state index is 0.0160. The maximum Gasteiger partial charge on any atom is 0.236 e. The van der Waals surface area contributed by atoms with Crippen molar-refractivity contribution in [3.05, 3.63) is 46.8 Å². The van der Waals surface area contributed by atoms with Gasteiger partial charge in [-0.25, -0.2) is 0 Å². The zero-order chi connectivity index (χ0) is 22.0. The van der Waals surface area contributed by atoms with Gasteiger partial charge < -0.3 is 23.7 Å². The quantitative estimate of drug-likeness (QED) is 0.628. The van der Waals surface area contributed by atoms with Gasteiger partial charge in [-0.1, -0.05) is 6.07 Å². The molecule has 8 heteroatoms. The van der Waals surface area contributed by atoms with Crippen molar-refractivity contribution in [1.82, 2.24) is 14.4 Å². The van der Waals surface area contributed by atoms with Crippen LogP contribution in [0, 0.1) is 13.8 Å². The molecule has 31 heavy (non-hydrogen) atoms. The van der Waals surface area contributed by atoms with Crippen LogP contribution < -0.4 is 9.47 Å². The van der Waals surface area contributed by atoms with E-state index < -0.39 is 0 Å². The standard InChI is InChI=1S/C23H29N3O5/c1-16-10-19(20(27)13-24(3)14-23(28)25-6-8-29-9-7-25)17(2)26(16)12-18-4-5-21-22(11-18)31-15-30-21/h4-5,10-11H,6-9,12-15H2,1-3H3. The Morgan fingerprint density at radius 1 is 1.03 bits per heavy atom. The molecular weight excluding hydrogens is 398 g/mol. The monoisotopic (exact) mass is 427 g/mol. The molecule has 2 aromatic rings. The largest absolute Gasteiger partial charge is 0.454 e. The number of fused-ring (bicyclic) bond motifs is 1. The first-order chi connectivity index (χ1) is 14.9. The summed E-state index contributed by atoms with van der Waals surface area (Å²) < 4.78 is 18.3. The van der Waals surface area contributed by atoms with E-state index in [1.165, 1.54) is 0 Å². The van der Waals surface area contributed by atoms with Crippen molar-refractivity contribution in [2.75, 3.05) is 53.2 Å². The van der Waals surface area contributed by atoms with Crippen molar-refractivity contribution < 1.29 is 23.8 Å². The number of carbonyl (C=O) groups is 2. The number of rotatable bonds is 7. The lowest BCUT2D eigenvalue weighted by atomic mass is 10.1. The van der Waals surface area contributed by atoms with Gasteiger partial charge >= 0.3 is 0 Å². The lowest BCUT2D eigenvalue weighted by Gasteiger charge is -2.28. The van der Waals surface area contributed by atoms with Crippen molar-refractivity contribution in [2.45, 2.75) is 20.4 Å². The molecule has 3 heterocycles. The Morgan fingerprint density at radius 3 is 2.55 bits per heavy atom. The number of carbonyl (C=O) groups excluding carboxylic acids is 2. The molecule has 0 radical (unpaired) electrons. The van der Waals surface area contributed by atoms with Gasteiger partial charge in [0.1, 0.15) is 0 Å². The number of ketones is 1. The van der Waals surface area contributed by atoms with Crippen LogP contribution in [0.4, 0.5) is 0 Å². The number of benzene rings is 1. The number of ether oxygens (including phenoxy) is 3. The highest BCUT2D eigenvalue weighted by Gasteiger charge is 2.22. The van der Waals surface area contributed by atoms with E-state index >= 15 is 0 Å². The summed E-state index contributed by atoms with van der Waals surface area (Å²) in [6.07, 6.45) is 0. The number of amides is 1. The molecule has 2 aliphatic rings. The summed E-state index contributed by atoms with van der Waals surface area (Å²) in [5.41, 5.74) is 3.72. The SMILES string of the molecule is Cc1cc(C(=O)CN(C)CC(=O)N2CCOCC2)c(C)n1Cc1ccc2c(c1)OCO2. The Labute approximate surface area is 182 Å². The van der Waals surface area contributed by atoms with Crippen LogP contribution in [0.1, 0.15) is 27.3 Å². The van der Waals surface area contributed by atoms with Crippen LogP contribution >= 0.6 is 0 Å². The zero-order valence-electron chi connectivity index (χ0n) is 18.3. The van der Waals surface area contributed by atoms with Gasteiger partial charge in [0.15, 0.2) is 17.3 Å². The number of morpholine rings is 1. The van der Waals surface area contributed by atoms with Crippen LogP contribution in [0.25, 0.3) is 0 Å². The molecule has 0 unspecified atom stereocenters. The fraction of sp³-hybridized carbons (Fsp3) is 0.478. The maximum absolute atomic E-state index is 13.0. The first kappa shape index (κ1) is 21.4. The number of aryl methyl sites for hydroxylation is 1. The van der Waals surface area contributed by atoms with Crippen LogP contribution in [-0.2, 0) is 16.1 Å². The number of hydrogen-bond acceptors (Lipinski definition) is 6. The van der Waals surface area contributed by atoms with E-state index in [0.29, 0.717) is 38.4 Å². The summed E-state index contributed by atoms with van der Waals surface area (Å²) in [6.45, 7) is 7.66. The summed E-state index contributed by atoms with van der Waals surface area (Å²) in [4.78, 5) is 29.0. The normalized spacial score (nSPS) is 15.5. The predicted molar refractivity (Wildman–Crippen MR) is 115 cm³/mol. The van der Waals surface area contributed by atoms with Gasteiger partial charge in [0.2, 0.25) is 12.7 Å². The lowest BCUT2D eigenvalue weighted by Crippen LogP contribution is -2.45. The average molecular weight is 428 g/mol. The Hall–Kier alpha value is -2.84. The Balaban J connectivity index is 1.40. The van der Waals surface area contributed by atoms with Crippen LogP contribution in [0.3, 0.4) is 0 Å². The second-order valence-electron chi connectivity index (χ2n) is 8.15. The fourth-order valence-corrected chi connectivity index (χ4v) is 4.08. The third-order valence-corrected chi connectivity index (χ3v) is 5.83. The fourth-order valence-electron chi connectivity index (χ4n) is 4.08. The molecule has 1 fully saturated rings. The first-order valence-corrected chi connectivity index (χ1v) is 10.5. The molecule has 0 spiro atoms. The third kappa shape index (κ3) is 4.75. The lowest BCUT2D eigenvalue weighted by molar-refractivity contribution is -0.136. The van der Waals surface area contributed by atoms with E-state index in [-0.39, 0.29) is 31.6 Å². The molecule has 8 nitrogen and oxygen atoms in total. The van der Waals surface area contributed by atoms with E-state index in [1.54, 1.807) is 9.80 Å². The van der Waals surface area contributed by atoms with Crippen molar-refractivity contribution in [1.29, 1.82) is 0 Å². The smallest absolute Gasteiger partial charge is 0.236 e. The minimum absolute atomic E-state index is 0.0160. The molecule has 1 aromatic heterocycles. The van der Waals surface area contributed by atoms with Crippen molar-refractivity contribution >= 4 is 11.7 Å². The number of hydrogen-bond donors (Lipinski definition) is 0. The van der Waals surface area contributed by atoms with Crippen molar-refractivity contribution in [3.8, 4) is 11.5 Å². The van der Waals surface area contributed by atoms with Crippen molar-refractivity contribution in [3.63, 3.8) is 0 Å². The van der Waals surface area contributed by atoms with Gasteiger partial charge in [-0.3, -0.25) is 14.5 Å². The molecule has 2 aliphatic heterocycles. The Morgan fingerprint density at radius 2 is 1.77 bits per heavy atom. The van der Waals surface area contributed by atoms with E-state index in [4.69, 9.17) is 14.2 Å². The summed E-state index contributed by atoms with van der Waals surface area (Å²) in [6, 6.07) is 7.84. The molecule has 0 atom stereocenters. The zero-order valence-corrected chi connectivity index (χ0v) is 18.3. The van der Waals surface area contributed by atoms with Crippen LogP contribution in [0.15, 0.2) is 24.3 Å². The molecular formula is C23H29N3O5. The number of likely N-dealkylation sites (N-methyl/N-ethyl adjacent to an activating group) is 1. The minimum Gasteiger partial charge on any atom is -0.454 e. The van der Waals surface area contributed by atoms with Gasteiger partial charge in [-0.2, -0.15) is 0 Å². The van der Waals surface area contributed by atoms with Crippen LogP contribution in [0.5, 0.6) is 11.5 Å². The Kier molecular flexibility index (Phi) is 6.29. The summed E-state index contributed by atoms with van der Waals surface area (Å²) in [5, 5.41) is 0. The highest BCUT2D eigenvalue weighted by molar-refractivity contribution is 5.99. The number of nitrogens with zero attached hydrogens (tertiary/aromatic N) is 3. The molecule has 0 aliphatic carbocycles. The summed E-state index contributed by atoms with van der Waals surface area (Å²) >= 11 is 0. The van der Waals surface area contributed by atoms with Gasteiger partial charge in [0, 0.05) is 36.6 Å². The molecule has 0 N–H and O–H groups in total. The van der Waals surface area contributed by atoms with Crippen molar-refractivity contribution in [2.24, 2.45) is 0 Å². The third-order valence-electron chi connectivity index (χ3n) is 5.83. The molecule has 1 amide bonds. The average Bonchev–Trinajstić information content (AvgIpc) is 3.33. The predicted octanol–water partition coefficient (Wildman–Crippen LogP) is 1.86. The molecule has 4 rings (SSSR count). The van der Waals surface area contributed by atoms with Gasteiger partial charge in [0.05, 0.1) is 26.3 Å². The van der Waals surface area contributed by atoms with E-state index in [1.807, 2.05) is 45.2 Å². The topological polar surface area (TPSA) is 73.2 Å². The van der Waals surface area contributed by atoms with Gasteiger partial charge in [-0.15, -0.1) is 0 Å². The highest BCUT2D eigenvalue weighted by Crippen LogP contribution is 2.33. The van der Waals surface area contributed by atoms with E-state index in [0.717, 1.165) is 28.5 Å². The number of Topliss-reactive ketones (excluding diaryl/α,β-unsaturated/α-hetero) is 1. The molecule has 0 bridgehead atoms. The maximum atomic E-state index is 13.0. The molecule has 0 saturated carbocycles. The molecule has 1 saturated heterocycles. The highest BCUT2D eigenvalue weighted by atomic mass is 16.7. The van der Waals surface area contributed by atoms with E-state index in [2.05, 4.69) is 4.57 Å². The second-order valence-corrected chi connectivity index (χ2v) is 8.15. The van der Waals surface area contributed by atoms with Crippen LogP contribution in [0.2, 0.25) is 0 Å². The van der Waals surface area contributed by atoms with Crippen LogP contribution in [-0.4, -0.2) is 79.3 Å². The molecule has 166 valence electrons. The summed E-state index contributed by atoms with van der Waals surface area (Å²) in [5.74, 6) is 1.56. The van der Waals surface area contributed by atoms with Gasteiger partial charge in [-0.05, 0) is 44.7 Å². The first-order valence-electron chi connectivity index (χ1n) is 10.5. The second kappa shape index (κ2) is 9.11. The Bertz CT molecular complexity index is 978.